The number of nitrogens with two attached hydrogens (primary N) is 1. The number of carboxylic acids is 1. The Labute approximate surface area is 358 Å². The highest BCUT2D eigenvalue weighted by Gasteiger charge is 2.40. The van der Waals surface area contributed by atoms with Crippen LogP contribution in [0.4, 0.5) is 0 Å². The standard InChI is InChI=1S/C42H67N9O10/c1-22(2)18-29(43)38(56)46-27(9)37(55)50-34(24(5)6)40(58)48-30(19-23(3)4)41(59)51-17-13-16-32(51)39(57)47-25(7)35(53)44-21-33(52)45-26(8)36(54)49-31(42(60)61)20-28-14-11-10-12-15-28/h10-12,14-15,22-27,29-32,34H,13,16-21,43H2,1-9H3,(H,44,53)(H,45,52)(H,46,56)(H,47,57)(H,48,58)(H,49,54)(H,50,55)(H,60,61)/t25-,26-,27-,29-,30-,31-,32-,34-/m0/s1. The van der Waals surface area contributed by atoms with E-state index in [2.05, 4.69) is 37.2 Å². The van der Waals surface area contributed by atoms with Crippen LogP contribution in [0.1, 0.15) is 93.6 Å². The second kappa shape index (κ2) is 24.6. The molecule has 0 unspecified atom stereocenters. The Balaban J connectivity index is 1.99. The third kappa shape index (κ3) is 17.1. The summed E-state index contributed by atoms with van der Waals surface area (Å²) in [5.41, 5.74) is 6.65. The fourth-order valence-corrected chi connectivity index (χ4v) is 6.67. The van der Waals surface area contributed by atoms with Crippen molar-refractivity contribution >= 4 is 53.2 Å². The number of likely N-dealkylation sites (tertiary alicyclic amines) is 1. The number of amides is 8. The molecule has 0 aliphatic carbocycles. The summed E-state index contributed by atoms with van der Waals surface area (Å²) >= 11 is 0. The Kier molecular flexibility index (Phi) is 20.8. The molecular weight excluding hydrogens is 791 g/mol. The third-order valence-corrected chi connectivity index (χ3v) is 10.1. The van der Waals surface area contributed by atoms with Crippen LogP contribution in [0.25, 0.3) is 0 Å². The van der Waals surface area contributed by atoms with E-state index in [1.165, 1.54) is 25.7 Å². The molecule has 1 heterocycles. The van der Waals surface area contributed by atoms with E-state index in [0.717, 1.165) is 0 Å². The lowest BCUT2D eigenvalue weighted by atomic mass is 9.99. The highest BCUT2D eigenvalue weighted by Crippen LogP contribution is 2.21. The van der Waals surface area contributed by atoms with Gasteiger partial charge in [0.25, 0.3) is 0 Å². The lowest BCUT2D eigenvalue weighted by molar-refractivity contribution is -0.143. The molecule has 1 saturated heterocycles. The van der Waals surface area contributed by atoms with Crippen molar-refractivity contribution in [1.29, 1.82) is 0 Å². The molecule has 0 saturated carbocycles. The second-order valence-corrected chi connectivity index (χ2v) is 16.9. The molecule has 10 N–H and O–H groups in total. The first-order valence-electron chi connectivity index (χ1n) is 20.9. The Hall–Kier alpha value is -5.59. The zero-order valence-electron chi connectivity index (χ0n) is 36.8. The molecule has 8 amide bonds. The van der Waals surface area contributed by atoms with Crippen LogP contribution in [-0.4, -0.2) is 125 Å². The van der Waals surface area contributed by atoms with Crippen LogP contribution >= 0.6 is 0 Å². The van der Waals surface area contributed by atoms with Crippen molar-refractivity contribution in [1.82, 2.24) is 42.1 Å². The maximum absolute atomic E-state index is 14.0. The van der Waals surface area contributed by atoms with E-state index in [1.54, 1.807) is 44.2 Å². The van der Waals surface area contributed by atoms with E-state index < -0.39 is 114 Å². The van der Waals surface area contributed by atoms with Crippen molar-refractivity contribution in [2.24, 2.45) is 23.5 Å². The van der Waals surface area contributed by atoms with Crippen LogP contribution in [0, 0.1) is 17.8 Å². The van der Waals surface area contributed by atoms with Crippen molar-refractivity contribution < 1.29 is 48.3 Å². The van der Waals surface area contributed by atoms with Gasteiger partial charge in [-0.15, -0.1) is 0 Å². The highest BCUT2D eigenvalue weighted by atomic mass is 16.4. The average Bonchev–Trinajstić information content (AvgIpc) is 3.68. The minimum atomic E-state index is -1.25. The summed E-state index contributed by atoms with van der Waals surface area (Å²) in [5.74, 6) is -6.57. The summed E-state index contributed by atoms with van der Waals surface area (Å²) in [6, 6.07) is 0.343. The molecule has 1 aliphatic heterocycles. The Bertz CT molecular complexity index is 1710. The maximum atomic E-state index is 14.0. The number of nitrogens with one attached hydrogen (secondary N) is 7. The van der Waals surface area contributed by atoms with Crippen LogP contribution in [0.2, 0.25) is 0 Å². The molecule has 340 valence electrons. The topological polar surface area (TPSA) is 287 Å². The van der Waals surface area contributed by atoms with E-state index in [-0.39, 0.29) is 31.2 Å². The summed E-state index contributed by atoms with van der Waals surface area (Å²) < 4.78 is 0. The summed E-state index contributed by atoms with van der Waals surface area (Å²) in [5, 5.41) is 27.4. The largest absolute Gasteiger partial charge is 0.480 e. The molecule has 1 aromatic carbocycles. The van der Waals surface area contributed by atoms with Gasteiger partial charge in [-0.05, 0) is 69.8 Å². The fraction of sp³-hybridized carbons (Fsp3) is 0.643. The van der Waals surface area contributed by atoms with Crippen molar-refractivity contribution in [3.05, 3.63) is 35.9 Å². The SMILES string of the molecule is CC(C)C[C@H](NC(=O)[C@@H](NC(=O)[C@H](C)NC(=O)[C@@H](N)CC(C)C)C(C)C)C(=O)N1CCC[C@H]1C(=O)N[C@@H](C)C(=O)NCC(=O)N[C@@H](C)C(=O)N[C@@H](Cc1ccccc1)C(=O)O. The predicted molar refractivity (Wildman–Crippen MR) is 226 cm³/mol. The quantitative estimate of drug-likeness (QED) is 0.0674. The third-order valence-electron chi connectivity index (χ3n) is 10.1. The lowest BCUT2D eigenvalue weighted by Gasteiger charge is -2.31. The van der Waals surface area contributed by atoms with E-state index in [4.69, 9.17) is 5.73 Å². The fourth-order valence-electron chi connectivity index (χ4n) is 6.67. The van der Waals surface area contributed by atoms with Gasteiger partial charge in [-0.3, -0.25) is 38.4 Å². The molecule has 61 heavy (non-hydrogen) atoms. The molecule has 8 atom stereocenters. The summed E-state index contributed by atoms with van der Waals surface area (Å²) in [7, 11) is 0. The zero-order chi connectivity index (χ0) is 46.1. The van der Waals surface area contributed by atoms with E-state index in [0.29, 0.717) is 24.8 Å². The van der Waals surface area contributed by atoms with E-state index in [9.17, 15) is 48.3 Å². The predicted octanol–water partition coefficient (Wildman–Crippen LogP) is -0.535. The molecule has 0 radical (unpaired) electrons. The monoisotopic (exact) mass is 858 g/mol. The number of carboxylic acid groups (broad SMARTS) is 1. The van der Waals surface area contributed by atoms with Crippen molar-refractivity contribution in [2.45, 2.75) is 143 Å². The molecule has 19 nitrogen and oxygen atoms in total. The normalized spacial score (nSPS) is 17.2. The minimum absolute atomic E-state index is 0.0305. The smallest absolute Gasteiger partial charge is 0.326 e. The zero-order valence-corrected chi connectivity index (χ0v) is 36.8. The van der Waals surface area contributed by atoms with Crippen LogP contribution in [0.3, 0.4) is 0 Å². The molecule has 0 spiro atoms. The lowest BCUT2D eigenvalue weighted by Crippen LogP contribution is -2.60. The highest BCUT2D eigenvalue weighted by molar-refractivity contribution is 5.97. The van der Waals surface area contributed by atoms with E-state index >= 15 is 0 Å². The number of carbonyl (C=O) groups excluding carboxylic acids is 8. The molecule has 0 bridgehead atoms. The van der Waals surface area contributed by atoms with Crippen molar-refractivity contribution in [3.8, 4) is 0 Å². The molecule has 1 fully saturated rings. The van der Waals surface area contributed by atoms with Crippen LogP contribution in [0.5, 0.6) is 0 Å². The minimum Gasteiger partial charge on any atom is -0.480 e. The van der Waals surface area contributed by atoms with Gasteiger partial charge in [0.15, 0.2) is 0 Å². The van der Waals surface area contributed by atoms with Crippen molar-refractivity contribution in [3.63, 3.8) is 0 Å². The van der Waals surface area contributed by atoms with Gasteiger partial charge in [-0.2, -0.15) is 0 Å². The Morgan fingerprint density at radius 1 is 0.672 bits per heavy atom. The summed E-state index contributed by atoms with van der Waals surface area (Å²) in [6.45, 7) is 14.9. The van der Waals surface area contributed by atoms with Gasteiger partial charge in [-0.25, -0.2) is 4.79 Å². The van der Waals surface area contributed by atoms with Crippen LogP contribution in [0.15, 0.2) is 30.3 Å². The van der Waals surface area contributed by atoms with Crippen LogP contribution in [-0.2, 0) is 49.6 Å². The Morgan fingerprint density at radius 2 is 1.23 bits per heavy atom. The van der Waals surface area contributed by atoms with Gasteiger partial charge in [0, 0.05) is 13.0 Å². The molecular formula is C42H67N9O10. The first-order valence-corrected chi connectivity index (χ1v) is 20.9. The number of hydrogen-bond donors (Lipinski definition) is 9. The number of hydrogen-bond acceptors (Lipinski definition) is 10. The number of benzene rings is 1. The maximum Gasteiger partial charge on any atom is 0.326 e. The summed E-state index contributed by atoms with van der Waals surface area (Å²) in [6.07, 6.45) is 1.45. The first-order chi connectivity index (χ1) is 28.5. The van der Waals surface area contributed by atoms with Gasteiger partial charge < -0.3 is 53.0 Å². The van der Waals surface area contributed by atoms with Crippen LogP contribution < -0.4 is 43.0 Å². The summed E-state index contributed by atoms with van der Waals surface area (Å²) in [4.78, 5) is 118. The molecule has 19 heteroatoms. The number of rotatable bonds is 23. The van der Waals surface area contributed by atoms with Gasteiger partial charge >= 0.3 is 5.97 Å². The number of nitrogens with zero attached hydrogens (tertiary/aromatic N) is 1. The molecule has 2 rings (SSSR count). The number of aliphatic carboxylic acids is 1. The Morgan fingerprint density at radius 3 is 1.80 bits per heavy atom. The molecule has 0 aromatic heterocycles. The van der Waals surface area contributed by atoms with Gasteiger partial charge in [-0.1, -0.05) is 71.9 Å². The van der Waals surface area contributed by atoms with Gasteiger partial charge in [0.1, 0.15) is 42.3 Å². The first kappa shape index (κ1) is 51.6. The van der Waals surface area contributed by atoms with Crippen molar-refractivity contribution in [2.75, 3.05) is 13.1 Å². The average molecular weight is 858 g/mol. The van der Waals surface area contributed by atoms with Gasteiger partial charge in [0.05, 0.1) is 12.6 Å². The molecule has 1 aromatic rings. The number of carbonyl (C=O) groups is 9. The second-order valence-electron chi connectivity index (χ2n) is 16.9. The van der Waals surface area contributed by atoms with E-state index in [1.807, 2.05) is 27.7 Å². The molecule has 1 aliphatic rings. The van der Waals surface area contributed by atoms with Gasteiger partial charge in [0.2, 0.25) is 47.3 Å².